The maximum Gasteiger partial charge on any atom is 0.263 e. The van der Waals surface area contributed by atoms with Gasteiger partial charge in [-0.25, -0.2) is 0 Å². The Labute approximate surface area is 136 Å². The number of rotatable bonds is 2. The molecule has 4 heteroatoms. The second-order valence-corrected chi connectivity index (χ2v) is 5.69. The third-order valence-corrected chi connectivity index (χ3v) is 3.78. The first-order valence-electron chi connectivity index (χ1n) is 6.67. The van der Waals surface area contributed by atoms with Crippen LogP contribution in [-0.4, -0.2) is 4.57 Å². The molecule has 1 heterocycles. The van der Waals surface area contributed by atoms with Gasteiger partial charge >= 0.3 is 0 Å². The van der Waals surface area contributed by atoms with Crippen LogP contribution in [0.3, 0.4) is 0 Å². The summed E-state index contributed by atoms with van der Waals surface area (Å²) < 4.78 is 2.42. The van der Waals surface area contributed by atoms with Gasteiger partial charge in [-0.3, -0.25) is 9.36 Å². The third kappa shape index (κ3) is 2.72. The Morgan fingerprint density at radius 1 is 1.00 bits per heavy atom. The van der Waals surface area contributed by atoms with Crippen LogP contribution in [0.25, 0.3) is 16.8 Å². The molecule has 0 N–H and O–H groups in total. The van der Waals surface area contributed by atoms with Crippen LogP contribution in [0.1, 0.15) is 5.56 Å². The third-order valence-electron chi connectivity index (χ3n) is 3.34. The topological polar surface area (TPSA) is 45.8 Å². The fourth-order valence-electron chi connectivity index (χ4n) is 2.26. The van der Waals surface area contributed by atoms with E-state index in [4.69, 9.17) is 5.26 Å². The van der Waals surface area contributed by atoms with Gasteiger partial charge in [-0.2, -0.15) is 5.26 Å². The summed E-state index contributed by atoms with van der Waals surface area (Å²) in [4.78, 5) is 12.8. The Bertz CT molecular complexity index is 907. The number of hydrogen-bond donors (Lipinski definition) is 0. The highest BCUT2D eigenvalue weighted by Crippen LogP contribution is 2.21. The first-order chi connectivity index (χ1) is 10.7. The maximum absolute atomic E-state index is 12.8. The van der Waals surface area contributed by atoms with Crippen LogP contribution < -0.4 is 5.56 Å². The lowest BCUT2D eigenvalue weighted by atomic mass is 10.1. The lowest BCUT2D eigenvalue weighted by molar-refractivity contribution is 0.987. The maximum atomic E-state index is 12.8. The molecule has 0 bridgehead atoms. The van der Waals surface area contributed by atoms with E-state index in [1.807, 2.05) is 30.3 Å². The average molecular weight is 351 g/mol. The van der Waals surface area contributed by atoms with Gasteiger partial charge in [0, 0.05) is 21.9 Å². The minimum absolute atomic E-state index is 0.0980. The molecule has 1 aromatic heterocycles. The molecule has 0 aliphatic carbocycles. The van der Waals surface area contributed by atoms with Gasteiger partial charge in [0.05, 0.1) is 11.6 Å². The Morgan fingerprint density at radius 3 is 2.32 bits per heavy atom. The van der Waals surface area contributed by atoms with Crippen LogP contribution in [0.5, 0.6) is 0 Å². The molecule has 106 valence electrons. The van der Waals surface area contributed by atoms with E-state index in [-0.39, 0.29) is 5.56 Å². The van der Waals surface area contributed by atoms with Crippen molar-refractivity contribution < 1.29 is 0 Å². The summed E-state index contributed by atoms with van der Waals surface area (Å²) in [6.07, 6.45) is 1.75. The Morgan fingerprint density at radius 2 is 1.68 bits per heavy atom. The van der Waals surface area contributed by atoms with Crippen LogP contribution in [-0.2, 0) is 0 Å². The fraction of sp³-hybridized carbons (Fsp3) is 0. The molecule has 0 radical (unpaired) electrons. The first-order valence-corrected chi connectivity index (χ1v) is 7.46. The molecule has 3 nitrogen and oxygen atoms in total. The molecule has 22 heavy (non-hydrogen) atoms. The quantitative estimate of drug-likeness (QED) is 0.697. The van der Waals surface area contributed by atoms with Crippen molar-refractivity contribution in [2.45, 2.75) is 0 Å². The van der Waals surface area contributed by atoms with E-state index in [0.717, 1.165) is 15.7 Å². The first kappa shape index (κ1) is 14.3. The summed E-state index contributed by atoms with van der Waals surface area (Å²) in [5.41, 5.74) is 2.66. The van der Waals surface area contributed by atoms with E-state index in [1.54, 1.807) is 41.1 Å². The monoisotopic (exact) mass is 350 g/mol. The van der Waals surface area contributed by atoms with E-state index in [1.165, 1.54) is 0 Å². The summed E-state index contributed by atoms with van der Waals surface area (Å²) in [5, 5.41) is 8.87. The standard InChI is InChI=1S/C18H11BrN2O/c19-15-10-17(14-8-6-13(11-20)7-9-14)18(22)21(12-15)16-4-2-1-3-5-16/h1-10,12H. The highest BCUT2D eigenvalue weighted by Gasteiger charge is 2.09. The number of hydrogen-bond acceptors (Lipinski definition) is 2. The number of nitriles is 1. The normalized spacial score (nSPS) is 10.2. The lowest BCUT2D eigenvalue weighted by Crippen LogP contribution is -2.19. The molecule has 0 saturated carbocycles. The van der Waals surface area contributed by atoms with Crippen molar-refractivity contribution in [3.8, 4) is 22.9 Å². The fourth-order valence-corrected chi connectivity index (χ4v) is 2.69. The lowest BCUT2D eigenvalue weighted by Gasteiger charge is -2.10. The van der Waals surface area contributed by atoms with Crippen LogP contribution in [0.4, 0.5) is 0 Å². The van der Waals surface area contributed by atoms with Crippen molar-refractivity contribution in [1.82, 2.24) is 4.57 Å². The van der Waals surface area contributed by atoms with E-state index in [2.05, 4.69) is 22.0 Å². The van der Waals surface area contributed by atoms with Gasteiger partial charge in [0.1, 0.15) is 0 Å². The van der Waals surface area contributed by atoms with Gasteiger partial charge in [0.2, 0.25) is 0 Å². The van der Waals surface area contributed by atoms with Crippen molar-refractivity contribution in [1.29, 1.82) is 5.26 Å². The summed E-state index contributed by atoms with van der Waals surface area (Å²) in [6, 6.07) is 20.3. The van der Waals surface area contributed by atoms with Gasteiger partial charge in [0.25, 0.3) is 5.56 Å². The number of pyridine rings is 1. The van der Waals surface area contributed by atoms with E-state index in [9.17, 15) is 4.79 Å². The smallest absolute Gasteiger partial charge is 0.263 e. The largest absolute Gasteiger partial charge is 0.283 e. The van der Waals surface area contributed by atoms with Crippen LogP contribution in [0.2, 0.25) is 0 Å². The zero-order chi connectivity index (χ0) is 15.5. The summed E-state index contributed by atoms with van der Waals surface area (Å²) >= 11 is 3.46. The zero-order valence-corrected chi connectivity index (χ0v) is 13.1. The van der Waals surface area contributed by atoms with Crippen molar-refractivity contribution in [2.24, 2.45) is 0 Å². The van der Waals surface area contributed by atoms with Crippen molar-refractivity contribution in [2.75, 3.05) is 0 Å². The number of benzene rings is 2. The molecule has 0 aliphatic heterocycles. The molecule has 3 aromatic rings. The number of aromatic nitrogens is 1. The number of nitrogens with zero attached hydrogens (tertiary/aromatic N) is 2. The molecule has 3 rings (SSSR count). The van der Waals surface area contributed by atoms with Crippen molar-refractivity contribution in [3.05, 3.63) is 87.3 Å². The molecule has 0 spiro atoms. The molecule has 0 amide bonds. The Balaban J connectivity index is 2.19. The number of para-hydroxylation sites is 1. The van der Waals surface area contributed by atoms with Gasteiger partial charge in [-0.15, -0.1) is 0 Å². The number of halogens is 1. The second kappa shape index (κ2) is 6.00. The predicted octanol–water partition coefficient (Wildman–Crippen LogP) is 4.14. The predicted molar refractivity (Wildman–Crippen MR) is 89.9 cm³/mol. The van der Waals surface area contributed by atoms with Gasteiger partial charge in [-0.05, 0) is 51.8 Å². The molecule has 0 atom stereocenters. The van der Waals surface area contributed by atoms with E-state index >= 15 is 0 Å². The van der Waals surface area contributed by atoms with Crippen molar-refractivity contribution >= 4 is 15.9 Å². The molecular weight excluding hydrogens is 340 g/mol. The second-order valence-electron chi connectivity index (χ2n) is 4.77. The van der Waals surface area contributed by atoms with Crippen molar-refractivity contribution in [3.63, 3.8) is 0 Å². The summed E-state index contributed by atoms with van der Waals surface area (Å²) in [5.74, 6) is 0. The van der Waals surface area contributed by atoms with Crippen LogP contribution >= 0.6 is 15.9 Å². The highest BCUT2D eigenvalue weighted by molar-refractivity contribution is 9.10. The summed E-state index contributed by atoms with van der Waals surface area (Å²) in [6.45, 7) is 0. The minimum Gasteiger partial charge on any atom is -0.283 e. The van der Waals surface area contributed by atoms with Gasteiger partial charge in [0.15, 0.2) is 0 Å². The SMILES string of the molecule is N#Cc1ccc(-c2cc(Br)cn(-c3ccccc3)c2=O)cc1. The molecule has 0 saturated heterocycles. The average Bonchev–Trinajstić information content (AvgIpc) is 2.57. The van der Waals surface area contributed by atoms with Crippen LogP contribution in [0.15, 0.2) is 76.1 Å². The molecule has 2 aromatic carbocycles. The van der Waals surface area contributed by atoms with Crippen LogP contribution in [0, 0.1) is 11.3 Å². The molecule has 0 fully saturated rings. The molecule has 0 aliphatic rings. The van der Waals surface area contributed by atoms with E-state index < -0.39 is 0 Å². The minimum atomic E-state index is -0.0980. The highest BCUT2D eigenvalue weighted by atomic mass is 79.9. The Hall–Kier alpha value is -2.64. The van der Waals surface area contributed by atoms with Gasteiger partial charge < -0.3 is 0 Å². The zero-order valence-electron chi connectivity index (χ0n) is 11.5. The summed E-state index contributed by atoms with van der Waals surface area (Å²) in [7, 11) is 0. The van der Waals surface area contributed by atoms with Gasteiger partial charge in [-0.1, -0.05) is 30.3 Å². The Kier molecular flexibility index (Phi) is 3.90. The molecule has 0 unspecified atom stereocenters. The molecular formula is C18H11BrN2O. The van der Waals surface area contributed by atoms with E-state index in [0.29, 0.717) is 11.1 Å².